The van der Waals surface area contributed by atoms with E-state index in [1.54, 1.807) is 0 Å². The Bertz CT molecular complexity index is 1240. The van der Waals surface area contributed by atoms with Crippen molar-refractivity contribution in [3.05, 3.63) is 71.4 Å². The smallest absolute Gasteiger partial charge is 0.414 e. The Balaban J connectivity index is 1.21. The van der Waals surface area contributed by atoms with E-state index in [1.165, 1.54) is 18.0 Å². The molecule has 2 N–H and O–H groups in total. The van der Waals surface area contributed by atoms with Gasteiger partial charge in [0.25, 0.3) is 5.91 Å². The van der Waals surface area contributed by atoms with Gasteiger partial charge in [-0.05, 0) is 22.3 Å². The van der Waals surface area contributed by atoms with Crippen LogP contribution in [0.2, 0.25) is 0 Å². The minimum Gasteiger partial charge on any atom is -0.481 e. The number of nitrogens with zero attached hydrogens (tertiary/aromatic N) is 2. The molecular formula is C25H23N3O7. The Labute approximate surface area is 200 Å². The number of benzene rings is 2. The van der Waals surface area contributed by atoms with Gasteiger partial charge in [-0.25, -0.2) is 4.79 Å². The highest BCUT2D eigenvalue weighted by atomic mass is 16.6. The zero-order valence-corrected chi connectivity index (χ0v) is 18.8. The first kappa shape index (κ1) is 22.6. The van der Waals surface area contributed by atoms with E-state index in [1.807, 2.05) is 36.4 Å². The molecule has 0 saturated carbocycles. The number of nitrogens with one attached hydrogen (secondary N) is 1. The number of aromatic nitrogens is 1. The van der Waals surface area contributed by atoms with Crippen LogP contribution in [-0.2, 0) is 14.3 Å². The first-order valence-corrected chi connectivity index (χ1v) is 11.1. The van der Waals surface area contributed by atoms with Crippen molar-refractivity contribution in [2.45, 2.75) is 12.0 Å². The predicted octanol–water partition coefficient (Wildman–Crippen LogP) is 3.21. The topological polar surface area (TPSA) is 131 Å². The van der Waals surface area contributed by atoms with E-state index in [0.717, 1.165) is 22.3 Å². The van der Waals surface area contributed by atoms with E-state index in [4.69, 9.17) is 14.0 Å². The number of amides is 2. The summed E-state index contributed by atoms with van der Waals surface area (Å²) >= 11 is 0. The van der Waals surface area contributed by atoms with Gasteiger partial charge in [0.15, 0.2) is 5.69 Å². The number of carboxylic acids is 1. The first-order valence-electron chi connectivity index (χ1n) is 11.1. The molecule has 2 heterocycles. The molecular weight excluding hydrogens is 454 g/mol. The Kier molecular flexibility index (Phi) is 5.96. The maximum atomic E-state index is 12.7. The molecule has 2 aliphatic rings. The summed E-state index contributed by atoms with van der Waals surface area (Å²) in [5, 5.41) is 15.5. The summed E-state index contributed by atoms with van der Waals surface area (Å²) in [5.74, 6) is -2.56. The van der Waals surface area contributed by atoms with E-state index < -0.39 is 29.9 Å². The molecule has 2 unspecified atom stereocenters. The molecule has 10 nitrogen and oxygen atoms in total. The van der Waals surface area contributed by atoms with Crippen LogP contribution in [-0.4, -0.2) is 66.0 Å². The van der Waals surface area contributed by atoms with Crippen LogP contribution in [0.4, 0.5) is 10.7 Å². The molecule has 2 aromatic carbocycles. The van der Waals surface area contributed by atoms with Gasteiger partial charge in [-0.1, -0.05) is 53.7 Å². The van der Waals surface area contributed by atoms with Crippen LogP contribution < -0.4 is 5.32 Å². The van der Waals surface area contributed by atoms with Crippen molar-refractivity contribution in [2.24, 2.45) is 5.92 Å². The molecule has 2 atom stereocenters. The van der Waals surface area contributed by atoms with Crippen molar-refractivity contribution in [2.75, 3.05) is 32.2 Å². The standard InChI is InChI=1S/C25H23N3O7/c1-28(21-13-33-11-19(21)24(30)31)23(29)20-10-22(35-27-20)26-25(32)34-12-18-16-8-4-2-6-14(16)15-7-3-5-9-17(15)18/h2-10,18-19,21H,11-13H2,1H3,(H,26,32)(H,30,31). The second-order valence-corrected chi connectivity index (χ2v) is 8.49. The van der Waals surface area contributed by atoms with Gasteiger partial charge in [0.05, 0.1) is 19.3 Å². The third kappa shape index (κ3) is 4.24. The Hall–Kier alpha value is -4.18. The summed E-state index contributed by atoms with van der Waals surface area (Å²) in [6.07, 6.45) is -0.745. The summed E-state index contributed by atoms with van der Waals surface area (Å²) in [6.45, 7) is 0.272. The fourth-order valence-electron chi connectivity index (χ4n) is 4.66. The van der Waals surface area contributed by atoms with Gasteiger partial charge in [0, 0.05) is 19.0 Å². The minimum absolute atomic E-state index is 0.0328. The van der Waals surface area contributed by atoms with Crippen LogP contribution in [0.25, 0.3) is 11.1 Å². The number of carboxylic acid groups (broad SMARTS) is 1. The zero-order chi connectivity index (χ0) is 24.5. The molecule has 0 spiro atoms. The third-order valence-electron chi connectivity index (χ3n) is 6.48. The van der Waals surface area contributed by atoms with Gasteiger partial charge >= 0.3 is 12.1 Å². The Morgan fingerprint density at radius 3 is 2.40 bits per heavy atom. The lowest BCUT2D eigenvalue weighted by atomic mass is 9.98. The van der Waals surface area contributed by atoms with Gasteiger partial charge in [0.2, 0.25) is 5.88 Å². The second kappa shape index (κ2) is 9.22. The van der Waals surface area contributed by atoms with Gasteiger partial charge < -0.3 is 24.0 Å². The lowest BCUT2D eigenvalue weighted by Gasteiger charge is -2.25. The van der Waals surface area contributed by atoms with Gasteiger partial charge in [0.1, 0.15) is 12.5 Å². The molecule has 0 radical (unpaired) electrons. The molecule has 10 heteroatoms. The molecule has 1 fully saturated rings. The number of likely N-dealkylation sites (N-methyl/N-ethyl adjacent to an activating group) is 1. The molecule has 1 aliphatic heterocycles. The van der Waals surface area contributed by atoms with E-state index >= 15 is 0 Å². The van der Waals surface area contributed by atoms with Gasteiger partial charge in [-0.2, -0.15) is 0 Å². The number of carbonyl (C=O) groups excluding carboxylic acids is 2. The summed E-state index contributed by atoms with van der Waals surface area (Å²) in [7, 11) is 1.48. The first-order chi connectivity index (χ1) is 16.9. The SMILES string of the molecule is CN(C(=O)c1cc(NC(=O)OCC2c3ccccc3-c3ccccc32)on1)C1COCC1C(=O)O. The van der Waals surface area contributed by atoms with Crippen molar-refractivity contribution in [3.63, 3.8) is 0 Å². The molecule has 35 heavy (non-hydrogen) atoms. The molecule has 180 valence electrons. The van der Waals surface area contributed by atoms with Crippen molar-refractivity contribution >= 4 is 23.9 Å². The van der Waals surface area contributed by atoms with Crippen LogP contribution in [0.5, 0.6) is 0 Å². The maximum Gasteiger partial charge on any atom is 0.414 e. The summed E-state index contributed by atoms with van der Waals surface area (Å²) in [4.78, 5) is 37.8. The molecule has 3 aromatic rings. The average molecular weight is 477 g/mol. The predicted molar refractivity (Wildman–Crippen MR) is 123 cm³/mol. The minimum atomic E-state index is -1.04. The quantitative estimate of drug-likeness (QED) is 0.553. The van der Waals surface area contributed by atoms with Crippen molar-refractivity contribution in [1.82, 2.24) is 10.1 Å². The maximum absolute atomic E-state index is 12.7. The van der Waals surface area contributed by atoms with Crippen LogP contribution in [0.1, 0.15) is 27.5 Å². The molecule has 1 aromatic heterocycles. The van der Waals surface area contributed by atoms with Gasteiger partial charge in [-0.15, -0.1) is 0 Å². The molecule has 1 aliphatic carbocycles. The summed E-state index contributed by atoms with van der Waals surface area (Å²) in [5.41, 5.74) is 4.35. The largest absolute Gasteiger partial charge is 0.481 e. The fourth-order valence-corrected chi connectivity index (χ4v) is 4.66. The van der Waals surface area contributed by atoms with Crippen LogP contribution in [0.3, 0.4) is 0 Å². The monoisotopic (exact) mass is 477 g/mol. The highest BCUT2D eigenvalue weighted by Crippen LogP contribution is 2.44. The fraction of sp³-hybridized carbons (Fsp3) is 0.280. The highest BCUT2D eigenvalue weighted by Gasteiger charge is 2.39. The number of hydrogen-bond acceptors (Lipinski definition) is 7. The number of anilines is 1. The highest BCUT2D eigenvalue weighted by molar-refractivity contribution is 5.94. The lowest BCUT2D eigenvalue weighted by Crippen LogP contribution is -2.44. The van der Waals surface area contributed by atoms with E-state index in [2.05, 4.69) is 22.6 Å². The number of ether oxygens (including phenoxy) is 2. The number of fused-ring (bicyclic) bond motifs is 3. The molecule has 2 amide bonds. The van der Waals surface area contributed by atoms with Gasteiger partial charge in [-0.3, -0.25) is 14.9 Å². The normalized spacial score (nSPS) is 18.5. The zero-order valence-electron chi connectivity index (χ0n) is 18.8. The van der Waals surface area contributed by atoms with E-state index in [0.29, 0.717) is 0 Å². The molecule has 5 rings (SSSR count). The van der Waals surface area contributed by atoms with E-state index in [9.17, 15) is 19.5 Å². The van der Waals surface area contributed by atoms with Crippen molar-refractivity contribution in [3.8, 4) is 11.1 Å². The third-order valence-corrected chi connectivity index (χ3v) is 6.48. The van der Waals surface area contributed by atoms with Crippen LogP contribution in [0, 0.1) is 5.92 Å². The Morgan fingerprint density at radius 2 is 1.74 bits per heavy atom. The van der Waals surface area contributed by atoms with Crippen LogP contribution >= 0.6 is 0 Å². The average Bonchev–Trinajstić information content (AvgIpc) is 3.60. The van der Waals surface area contributed by atoms with Crippen molar-refractivity contribution in [1.29, 1.82) is 0 Å². The number of aliphatic carboxylic acids is 1. The van der Waals surface area contributed by atoms with Crippen molar-refractivity contribution < 1.29 is 33.5 Å². The Morgan fingerprint density at radius 1 is 1.09 bits per heavy atom. The molecule has 1 saturated heterocycles. The van der Waals surface area contributed by atoms with Crippen LogP contribution in [0.15, 0.2) is 59.1 Å². The number of hydrogen-bond donors (Lipinski definition) is 2. The summed E-state index contributed by atoms with van der Waals surface area (Å²) < 4.78 is 15.8. The van der Waals surface area contributed by atoms with E-state index in [-0.39, 0.29) is 37.3 Å². The molecule has 0 bridgehead atoms. The second-order valence-electron chi connectivity index (χ2n) is 8.49. The lowest BCUT2D eigenvalue weighted by molar-refractivity contribution is -0.142. The number of carbonyl (C=O) groups is 3. The number of rotatable bonds is 6. The summed E-state index contributed by atoms with van der Waals surface area (Å²) in [6, 6.07) is 16.7.